The van der Waals surface area contributed by atoms with Gasteiger partial charge in [-0.05, 0) is 16.9 Å². The first-order valence-corrected chi connectivity index (χ1v) is 6.86. The molecular weight excluding hydrogens is 264 g/mol. The van der Waals surface area contributed by atoms with Crippen LogP contribution in [0, 0.1) is 5.41 Å². The standard InChI is InChI=1S/C13H20N2O3S/c1-13(2,3)10(11(16)17)14-12(18)15(4)8-9-6-5-7-19-9/h5-7,10H,8H2,1-4H3,(H,14,18)(H,16,17)/t10-/m0/s1. The molecule has 1 rings (SSSR count). The number of thiophene rings is 1. The summed E-state index contributed by atoms with van der Waals surface area (Å²) in [4.78, 5) is 25.7. The van der Waals surface area contributed by atoms with Crippen LogP contribution in [0.3, 0.4) is 0 Å². The van der Waals surface area contributed by atoms with E-state index in [1.807, 2.05) is 17.5 Å². The lowest BCUT2D eigenvalue weighted by molar-refractivity contribution is -0.142. The van der Waals surface area contributed by atoms with E-state index < -0.39 is 17.4 Å². The minimum atomic E-state index is -1.02. The van der Waals surface area contributed by atoms with E-state index in [1.165, 1.54) is 4.90 Å². The monoisotopic (exact) mass is 284 g/mol. The molecule has 0 radical (unpaired) electrons. The quantitative estimate of drug-likeness (QED) is 0.892. The van der Waals surface area contributed by atoms with Crippen molar-refractivity contribution in [2.24, 2.45) is 5.41 Å². The van der Waals surface area contributed by atoms with Crippen molar-refractivity contribution in [3.8, 4) is 0 Å². The van der Waals surface area contributed by atoms with E-state index in [1.54, 1.807) is 39.2 Å². The predicted octanol–water partition coefficient (Wildman–Crippen LogP) is 2.39. The van der Waals surface area contributed by atoms with Gasteiger partial charge in [0.25, 0.3) is 0 Å². The Balaban J connectivity index is 2.64. The van der Waals surface area contributed by atoms with Gasteiger partial charge in [0.1, 0.15) is 6.04 Å². The third-order valence-electron chi connectivity index (χ3n) is 2.70. The van der Waals surface area contributed by atoms with E-state index in [-0.39, 0.29) is 6.03 Å². The highest BCUT2D eigenvalue weighted by Crippen LogP contribution is 2.20. The molecule has 0 unspecified atom stereocenters. The van der Waals surface area contributed by atoms with Crippen molar-refractivity contribution in [1.82, 2.24) is 10.2 Å². The fourth-order valence-corrected chi connectivity index (χ4v) is 2.35. The summed E-state index contributed by atoms with van der Waals surface area (Å²) in [5.74, 6) is -1.02. The molecular formula is C13H20N2O3S. The number of urea groups is 1. The Bertz CT molecular complexity index is 437. The first-order chi connectivity index (χ1) is 8.71. The molecule has 0 aromatic carbocycles. The number of hydrogen-bond donors (Lipinski definition) is 2. The van der Waals surface area contributed by atoms with Gasteiger partial charge in [0.15, 0.2) is 0 Å². The van der Waals surface area contributed by atoms with Crippen molar-refractivity contribution < 1.29 is 14.7 Å². The number of hydrogen-bond acceptors (Lipinski definition) is 3. The second kappa shape index (κ2) is 6.06. The van der Waals surface area contributed by atoms with E-state index >= 15 is 0 Å². The van der Waals surface area contributed by atoms with Crippen molar-refractivity contribution in [3.63, 3.8) is 0 Å². The first-order valence-electron chi connectivity index (χ1n) is 5.98. The van der Waals surface area contributed by atoms with Crippen LogP contribution in [0.25, 0.3) is 0 Å². The Kier molecular flexibility index (Phi) is 4.94. The van der Waals surface area contributed by atoms with Crippen LogP contribution >= 0.6 is 11.3 Å². The van der Waals surface area contributed by atoms with E-state index in [9.17, 15) is 9.59 Å². The second-order valence-corrected chi connectivity index (χ2v) is 6.55. The summed E-state index contributed by atoms with van der Waals surface area (Å²) in [6.45, 7) is 5.82. The van der Waals surface area contributed by atoms with Gasteiger partial charge in [0.2, 0.25) is 0 Å². The number of aliphatic carboxylic acids is 1. The number of carboxylic acids is 1. The zero-order valence-electron chi connectivity index (χ0n) is 11.6. The molecule has 6 heteroatoms. The highest BCUT2D eigenvalue weighted by atomic mass is 32.1. The molecule has 1 aromatic heterocycles. The van der Waals surface area contributed by atoms with Crippen LogP contribution in [0.4, 0.5) is 4.79 Å². The molecule has 1 heterocycles. The molecule has 0 spiro atoms. The number of carbonyl (C=O) groups is 2. The van der Waals surface area contributed by atoms with Crippen LogP contribution in [-0.4, -0.2) is 35.1 Å². The largest absolute Gasteiger partial charge is 0.480 e. The van der Waals surface area contributed by atoms with E-state index in [0.717, 1.165) is 4.88 Å². The van der Waals surface area contributed by atoms with E-state index in [4.69, 9.17) is 5.11 Å². The number of nitrogens with one attached hydrogen (secondary N) is 1. The molecule has 106 valence electrons. The van der Waals surface area contributed by atoms with Gasteiger partial charge < -0.3 is 15.3 Å². The van der Waals surface area contributed by atoms with E-state index in [2.05, 4.69) is 5.32 Å². The SMILES string of the molecule is CN(Cc1cccs1)C(=O)N[C@@H](C(=O)O)C(C)(C)C. The van der Waals surface area contributed by atoms with Crippen LogP contribution in [-0.2, 0) is 11.3 Å². The van der Waals surface area contributed by atoms with Gasteiger partial charge in [-0.25, -0.2) is 9.59 Å². The average molecular weight is 284 g/mol. The Hall–Kier alpha value is -1.56. The van der Waals surface area contributed by atoms with Crippen molar-refractivity contribution in [3.05, 3.63) is 22.4 Å². The fourth-order valence-electron chi connectivity index (χ4n) is 1.59. The minimum Gasteiger partial charge on any atom is -0.480 e. The van der Waals surface area contributed by atoms with Gasteiger partial charge in [0.05, 0.1) is 6.54 Å². The third-order valence-corrected chi connectivity index (χ3v) is 3.56. The number of rotatable bonds is 4. The third kappa shape index (κ3) is 4.55. The highest BCUT2D eigenvalue weighted by Gasteiger charge is 2.33. The number of carboxylic acid groups (broad SMARTS) is 1. The van der Waals surface area contributed by atoms with Gasteiger partial charge in [-0.3, -0.25) is 0 Å². The van der Waals surface area contributed by atoms with Gasteiger partial charge in [-0.15, -0.1) is 11.3 Å². The van der Waals surface area contributed by atoms with Crippen LogP contribution in [0.2, 0.25) is 0 Å². The molecule has 1 aromatic rings. The number of carbonyl (C=O) groups excluding carboxylic acids is 1. The molecule has 0 fully saturated rings. The molecule has 0 bridgehead atoms. The Labute approximate surface area is 117 Å². The van der Waals surface area contributed by atoms with Gasteiger partial charge in [0, 0.05) is 11.9 Å². The Morgan fingerprint density at radius 3 is 2.53 bits per heavy atom. The summed E-state index contributed by atoms with van der Waals surface area (Å²) in [5, 5.41) is 13.7. The number of amides is 2. The maximum atomic E-state index is 12.0. The lowest BCUT2D eigenvalue weighted by Gasteiger charge is -2.29. The molecule has 0 saturated heterocycles. The topological polar surface area (TPSA) is 69.6 Å². The summed E-state index contributed by atoms with van der Waals surface area (Å²) in [6, 6.07) is 2.56. The van der Waals surface area contributed by atoms with Gasteiger partial charge >= 0.3 is 12.0 Å². The number of nitrogens with zero attached hydrogens (tertiary/aromatic N) is 1. The Morgan fingerprint density at radius 1 is 1.47 bits per heavy atom. The van der Waals surface area contributed by atoms with E-state index in [0.29, 0.717) is 6.54 Å². The average Bonchev–Trinajstić information content (AvgIpc) is 2.75. The van der Waals surface area contributed by atoms with Gasteiger partial charge in [-0.1, -0.05) is 26.8 Å². The van der Waals surface area contributed by atoms with Crippen molar-refractivity contribution in [2.45, 2.75) is 33.4 Å². The molecule has 19 heavy (non-hydrogen) atoms. The summed E-state index contributed by atoms with van der Waals surface area (Å²) in [7, 11) is 1.65. The zero-order valence-corrected chi connectivity index (χ0v) is 12.5. The van der Waals surface area contributed by atoms with Crippen molar-refractivity contribution in [1.29, 1.82) is 0 Å². The lowest BCUT2D eigenvalue weighted by atomic mass is 9.87. The minimum absolute atomic E-state index is 0.379. The summed E-state index contributed by atoms with van der Waals surface area (Å²) >= 11 is 1.56. The smallest absolute Gasteiger partial charge is 0.326 e. The predicted molar refractivity (Wildman–Crippen MR) is 75.2 cm³/mol. The highest BCUT2D eigenvalue weighted by molar-refractivity contribution is 7.09. The van der Waals surface area contributed by atoms with Crippen LogP contribution in [0.5, 0.6) is 0 Å². The molecule has 2 amide bonds. The van der Waals surface area contributed by atoms with Crippen LogP contribution in [0.1, 0.15) is 25.6 Å². The van der Waals surface area contributed by atoms with Crippen LogP contribution < -0.4 is 5.32 Å². The van der Waals surface area contributed by atoms with Gasteiger partial charge in [-0.2, -0.15) is 0 Å². The summed E-state index contributed by atoms with van der Waals surface area (Å²) in [6.07, 6.45) is 0. The molecule has 0 aliphatic heterocycles. The fraction of sp³-hybridized carbons (Fsp3) is 0.538. The Morgan fingerprint density at radius 2 is 2.11 bits per heavy atom. The molecule has 1 atom stereocenters. The second-order valence-electron chi connectivity index (χ2n) is 5.52. The molecule has 0 aliphatic rings. The molecule has 5 nitrogen and oxygen atoms in total. The summed E-state index contributed by atoms with van der Waals surface area (Å²) in [5.41, 5.74) is -0.536. The first kappa shape index (κ1) is 15.5. The molecule has 0 saturated carbocycles. The molecule has 0 aliphatic carbocycles. The lowest BCUT2D eigenvalue weighted by Crippen LogP contribution is -2.52. The normalized spacial score (nSPS) is 12.8. The maximum absolute atomic E-state index is 12.0. The van der Waals surface area contributed by atoms with Crippen molar-refractivity contribution >= 4 is 23.3 Å². The summed E-state index contributed by atoms with van der Waals surface area (Å²) < 4.78 is 0. The molecule has 2 N–H and O–H groups in total. The van der Waals surface area contributed by atoms with Crippen LogP contribution in [0.15, 0.2) is 17.5 Å². The zero-order chi connectivity index (χ0) is 14.6. The van der Waals surface area contributed by atoms with Crippen molar-refractivity contribution in [2.75, 3.05) is 7.05 Å². The maximum Gasteiger partial charge on any atom is 0.326 e.